The molecule has 1 N–H and O–H groups in total. The maximum absolute atomic E-state index is 4.60. The highest BCUT2D eigenvalue weighted by Crippen LogP contribution is 2.22. The third-order valence-electron chi connectivity index (χ3n) is 3.57. The SMILES string of the molecule is CCNc1cc(C)nc(CN2CC(C)CC(C)C2)n1. The molecule has 0 aromatic carbocycles. The fraction of sp³-hybridized carbons (Fsp3) is 0.733. The molecule has 4 nitrogen and oxygen atoms in total. The van der Waals surface area contributed by atoms with Crippen LogP contribution in [0.3, 0.4) is 0 Å². The van der Waals surface area contributed by atoms with Gasteiger partial charge < -0.3 is 5.32 Å². The van der Waals surface area contributed by atoms with Gasteiger partial charge in [-0.15, -0.1) is 0 Å². The molecule has 2 heterocycles. The number of anilines is 1. The number of nitrogens with one attached hydrogen (secondary N) is 1. The Labute approximate surface area is 116 Å². The minimum Gasteiger partial charge on any atom is -0.370 e. The lowest BCUT2D eigenvalue weighted by Crippen LogP contribution is -2.38. The van der Waals surface area contributed by atoms with Crippen LogP contribution >= 0.6 is 0 Å². The van der Waals surface area contributed by atoms with Gasteiger partial charge in [0.15, 0.2) is 0 Å². The van der Waals surface area contributed by atoms with Crippen LogP contribution in [0.25, 0.3) is 0 Å². The molecular formula is C15H26N4. The number of hydrogen-bond donors (Lipinski definition) is 1. The summed E-state index contributed by atoms with van der Waals surface area (Å²) in [5, 5.41) is 3.27. The van der Waals surface area contributed by atoms with Gasteiger partial charge in [-0.25, -0.2) is 9.97 Å². The summed E-state index contributed by atoms with van der Waals surface area (Å²) in [4.78, 5) is 11.7. The van der Waals surface area contributed by atoms with Crippen molar-refractivity contribution in [3.05, 3.63) is 17.6 Å². The molecule has 0 spiro atoms. The van der Waals surface area contributed by atoms with E-state index >= 15 is 0 Å². The van der Waals surface area contributed by atoms with Gasteiger partial charge in [-0.05, 0) is 32.1 Å². The predicted molar refractivity (Wildman–Crippen MR) is 79.2 cm³/mol. The van der Waals surface area contributed by atoms with Crippen molar-refractivity contribution in [2.75, 3.05) is 25.0 Å². The highest BCUT2D eigenvalue weighted by molar-refractivity contribution is 5.35. The van der Waals surface area contributed by atoms with Crippen molar-refractivity contribution in [2.24, 2.45) is 11.8 Å². The van der Waals surface area contributed by atoms with E-state index in [-0.39, 0.29) is 0 Å². The van der Waals surface area contributed by atoms with Gasteiger partial charge in [-0.1, -0.05) is 13.8 Å². The van der Waals surface area contributed by atoms with Crippen molar-refractivity contribution in [2.45, 2.75) is 40.7 Å². The highest BCUT2D eigenvalue weighted by atomic mass is 15.2. The third-order valence-corrected chi connectivity index (χ3v) is 3.57. The summed E-state index contributed by atoms with van der Waals surface area (Å²) >= 11 is 0. The van der Waals surface area contributed by atoms with E-state index in [9.17, 15) is 0 Å². The number of hydrogen-bond acceptors (Lipinski definition) is 4. The molecule has 0 amide bonds. The van der Waals surface area contributed by atoms with Gasteiger partial charge in [-0.2, -0.15) is 0 Å². The van der Waals surface area contributed by atoms with E-state index in [4.69, 9.17) is 0 Å². The van der Waals surface area contributed by atoms with E-state index < -0.39 is 0 Å². The molecule has 1 fully saturated rings. The second kappa shape index (κ2) is 6.33. The topological polar surface area (TPSA) is 41.1 Å². The molecule has 19 heavy (non-hydrogen) atoms. The normalized spacial score (nSPS) is 24.4. The summed E-state index contributed by atoms with van der Waals surface area (Å²) in [5.41, 5.74) is 1.04. The fourth-order valence-corrected chi connectivity index (χ4v) is 3.09. The maximum Gasteiger partial charge on any atom is 0.144 e. The van der Waals surface area contributed by atoms with Crippen LogP contribution in [-0.4, -0.2) is 34.5 Å². The molecule has 106 valence electrons. The lowest BCUT2D eigenvalue weighted by atomic mass is 9.92. The zero-order valence-corrected chi connectivity index (χ0v) is 12.6. The van der Waals surface area contributed by atoms with E-state index in [1.54, 1.807) is 0 Å². The second-order valence-corrected chi connectivity index (χ2v) is 5.98. The minimum atomic E-state index is 0.779. The zero-order valence-electron chi connectivity index (χ0n) is 12.6. The Bertz CT molecular complexity index is 409. The van der Waals surface area contributed by atoms with Crippen LogP contribution in [0.1, 0.15) is 38.7 Å². The number of rotatable bonds is 4. The number of nitrogens with zero attached hydrogens (tertiary/aromatic N) is 3. The summed E-state index contributed by atoms with van der Waals surface area (Å²) in [6.07, 6.45) is 1.34. The number of piperidine rings is 1. The molecule has 0 radical (unpaired) electrons. The summed E-state index contributed by atoms with van der Waals surface area (Å²) < 4.78 is 0. The summed E-state index contributed by atoms with van der Waals surface area (Å²) in [6.45, 7) is 12.9. The van der Waals surface area contributed by atoms with E-state index in [2.05, 4.69) is 41.0 Å². The second-order valence-electron chi connectivity index (χ2n) is 5.98. The first kappa shape index (κ1) is 14.3. The molecule has 2 rings (SSSR count). The maximum atomic E-state index is 4.60. The zero-order chi connectivity index (χ0) is 13.8. The Morgan fingerprint density at radius 2 is 1.95 bits per heavy atom. The van der Waals surface area contributed by atoms with Crippen LogP contribution in [0.15, 0.2) is 6.07 Å². The van der Waals surface area contributed by atoms with E-state index in [1.165, 1.54) is 6.42 Å². The lowest BCUT2D eigenvalue weighted by molar-refractivity contribution is 0.131. The molecule has 2 unspecified atom stereocenters. The van der Waals surface area contributed by atoms with Crippen molar-refractivity contribution in [3.8, 4) is 0 Å². The van der Waals surface area contributed by atoms with Crippen LogP contribution in [0.5, 0.6) is 0 Å². The smallest absolute Gasteiger partial charge is 0.144 e. The van der Waals surface area contributed by atoms with Crippen molar-refractivity contribution >= 4 is 5.82 Å². The summed E-state index contributed by atoms with van der Waals surface area (Å²) in [7, 11) is 0. The Kier molecular flexibility index (Phi) is 4.75. The van der Waals surface area contributed by atoms with Gasteiger partial charge >= 0.3 is 0 Å². The molecule has 0 saturated carbocycles. The first-order valence-corrected chi connectivity index (χ1v) is 7.37. The quantitative estimate of drug-likeness (QED) is 0.906. The number of likely N-dealkylation sites (tertiary alicyclic amines) is 1. The van der Waals surface area contributed by atoms with Crippen LogP contribution in [0, 0.1) is 18.8 Å². The van der Waals surface area contributed by atoms with Gasteiger partial charge in [0.25, 0.3) is 0 Å². The van der Waals surface area contributed by atoms with Crippen molar-refractivity contribution in [1.82, 2.24) is 14.9 Å². The summed E-state index contributed by atoms with van der Waals surface area (Å²) in [5.74, 6) is 3.45. The molecule has 1 aromatic heterocycles. The Balaban J connectivity index is 2.05. The molecule has 1 aliphatic heterocycles. The monoisotopic (exact) mass is 262 g/mol. The lowest BCUT2D eigenvalue weighted by Gasteiger charge is -2.34. The first-order valence-electron chi connectivity index (χ1n) is 7.37. The molecule has 4 heteroatoms. The average Bonchev–Trinajstić information content (AvgIpc) is 2.26. The Hall–Kier alpha value is -1.16. The molecule has 2 atom stereocenters. The average molecular weight is 262 g/mol. The molecule has 0 aliphatic carbocycles. The molecule has 1 aromatic rings. The van der Waals surface area contributed by atoms with E-state index in [1.807, 2.05) is 13.0 Å². The van der Waals surface area contributed by atoms with Crippen LogP contribution < -0.4 is 5.32 Å². The van der Waals surface area contributed by atoms with Crippen molar-refractivity contribution in [1.29, 1.82) is 0 Å². The van der Waals surface area contributed by atoms with Crippen LogP contribution in [-0.2, 0) is 6.54 Å². The van der Waals surface area contributed by atoms with E-state index in [0.29, 0.717) is 0 Å². The van der Waals surface area contributed by atoms with E-state index in [0.717, 1.165) is 55.4 Å². The van der Waals surface area contributed by atoms with Crippen molar-refractivity contribution in [3.63, 3.8) is 0 Å². The minimum absolute atomic E-state index is 0.779. The molecule has 1 saturated heterocycles. The summed E-state index contributed by atoms with van der Waals surface area (Å²) in [6, 6.07) is 2.01. The highest BCUT2D eigenvalue weighted by Gasteiger charge is 2.22. The van der Waals surface area contributed by atoms with Gasteiger partial charge in [-0.3, -0.25) is 4.90 Å². The number of aryl methyl sites for hydroxylation is 1. The predicted octanol–water partition coefficient (Wildman–Crippen LogP) is 2.69. The number of aromatic nitrogens is 2. The Morgan fingerprint density at radius 3 is 2.58 bits per heavy atom. The molecule has 1 aliphatic rings. The van der Waals surface area contributed by atoms with Gasteiger partial charge in [0, 0.05) is 31.4 Å². The standard InChI is InChI=1S/C15H26N4/c1-5-16-14-7-13(4)17-15(18-14)10-19-8-11(2)6-12(3)9-19/h7,11-12H,5-6,8-10H2,1-4H3,(H,16,17,18). The molecular weight excluding hydrogens is 236 g/mol. The van der Waals surface area contributed by atoms with Crippen molar-refractivity contribution < 1.29 is 0 Å². The molecule has 0 bridgehead atoms. The fourth-order valence-electron chi connectivity index (χ4n) is 3.09. The first-order chi connectivity index (χ1) is 9.06. The third kappa shape index (κ3) is 4.16. The van der Waals surface area contributed by atoms with Crippen LogP contribution in [0.2, 0.25) is 0 Å². The van der Waals surface area contributed by atoms with Gasteiger partial charge in [0.05, 0.1) is 6.54 Å². The largest absolute Gasteiger partial charge is 0.370 e. The van der Waals surface area contributed by atoms with Crippen LogP contribution in [0.4, 0.5) is 5.82 Å². The van der Waals surface area contributed by atoms with Gasteiger partial charge in [0.2, 0.25) is 0 Å². The van der Waals surface area contributed by atoms with Gasteiger partial charge in [0.1, 0.15) is 11.6 Å². The Morgan fingerprint density at radius 1 is 1.26 bits per heavy atom.